The van der Waals surface area contributed by atoms with Crippen molar-refractivity contribution in [3.63, 3.8) is 0 Å². The van der Waals surface area contributed by atoms with E-state index < -0.39 is 6.10 Å². The molecule has 126 valence electrons. The Morgan fingerprint density at radius 2 is 1.88 bits per heavy atom. The highest BCUT2D eigenvalue weighted by Crippen LogP contribution is 2.17. The Morgan fingerprint density at radius 3 is 2.56 bits per heavy atom. The Bertz CT molecular complexity index is 871. The molecule has 0 saturated heterocycles. The zero-order valence-corrected chi connectivity index (χ0v) is 13.8. The molecule has 0 unspecified atom stereocenters. The minimum atomic E-state index is -0.803. The molecule has 1 aromatic heterocycles. The summed E-state index contributed by atoms with van der Waals surface area (Å²) >= 11 is 5.85. The molecule has 0 amide bonds. The van der Waals surface area contributed by atoms with Gasteiger partial charge in [0.05, 0.1) is 18.2 Å². The molecular weight excluding hydrogens is 342 g/mol. The Balaban J connectivity index is 1.55. The third kappa shape index (κ3) is 4.53. The van der Waals surface area contributed by atoms with Gasteiger partial charge in [0.25, 0.3) is 0 Å². The Kier molecular flexibility index (Phi) is 5.23. The SMILES string of the molecule is N#Cc1ccc(OC[C@@H](O)Cn2nnc(-c3ccc(Cl)cc3)n2)cc1. The van der Waals surface area contributed by atoms with Gasteiger partial charge in [-0.1, -0.05) is 11.6 Å². The average Bonchev–Trinajstić information content (AvgIpc) is 3.09. The first-order chi connectivity index (χ1) is 12.1. The molecule has 3 aromatic rings. The van der Waals surface area contributed by atoms with Crippen molar-refractivity contribution in [3.05, 3.63) is 59.1 Å². The van der Waals surface area contributed by atoms with Crippen molar-refractivity contribution >= 4 is 11.6 Å². The third-order valence-corrected chi connectivity index (χ3v) is 3.61. The quantitative estimate of drug-likeness (QED) is 0.728. The molecule has 0 bridgehead atoms. The molecule has 8 heteroatoms. The number of aliphatic hydroxyl groups excluding tert-OH is 1. The van der Waals surface area contributed by atoms with E-state index >= 15 is 0 Å². The smallest absolute Gasteiger partial charge is 0.204 e. The molecular formula is C17H14ClN5O2. The lowest BCUT2D eigenvalue weighted by atomic mass is 10.2. The largest absolute Gasteiger partial charge is 0.491 e. The van der Waals surface area contributed by atoms with Crippen molar-refractivity contribution in [3.8, 4) is 23.2 Å². The maximum Gasteiger partial charge on any atom is 0.204 e. The Hall–Kier alpha value is -2.95. The first-order valence-corrected chi connectivity index (χ1v) is 7.86. The van der Waals surface area contributed by atoms with Gasteiger partial charge in [-0.05, 0) is 53.7 Å². The van der Waals surface area contributed by atoms with Crippen LogP contribution in [0.25, 0.3) is 11.4 Å². The molecule has 0 fully saturated rings. The molecule has 3 rings (SSSR count). The summed E-state index contributed by atoms with van der Waals surface area (Å²) in [5.41, 5.74) is 1.34. The van der Waals surface area contributed by atoms with Crippen molar-refractivity contribution in [1.29, 1.82) is 5.26 Å². The molecule has 25 heavy (non-hydrogen) atoms. The molecule has 0 aliphatic heterocycles. The van der Waals surface area contributed by atoms with Crippen LogP contribution in [-0.4, -0.2) is 38.0 Å². The second-order valence-electron chi connectivity index (χ2n) is 5.28. The Labute approximate surface area is 149 Å². The van der Waals surface area contributed by atoms with Crippen molar-refractivity contribution in [2.24, 2.45) is 0 Å². The topological polar surface area (TPSA) is 96.8 Å². The Morgan fingerprint density at radius 1 is 1.16 bits per heavy atom. The van der Waals surface area contributed by atoms with Gasteiger partial charge in [-0.25, -0.2) is 0 Å². The second-order valence-corrected chi connectivity index (χ2v) is 5.71. The van der Waals surface area contributed by atoms with Crippen LogP contribution in [0, 0.1) is 11.3 Å². The number of benzene rings is 2. The first kappa shape index (κ1) is 16.9. The van der Waals surface area contributed by atoms with E-state index in [9.17, 15) is 5.11 Å². The van der Waals surface area contributed by atoms with E-state index in [2.05, 4.69) is 15.4 Å². The number of aromatic nitrogens is 4. The molecule has 7 nitrogen and oxygen atoms in total. The molecule has 0 aliphatic carbocycles. The minimum absolute atomic E-state index is 0.0731. The second kappa shape index (κ2) is 7.75. The van der Waals surface area contributed by atoms with E-state index in [4.69, 9.17) is 21.6 Å². The summed E-state index contributed by atoms with van der Waals surface area (Å²) < 4.78 is 5.48. The fourth-order valence-electron chi connectivity index (χ4n) is 2.09. The predicted molar refractivity (Wildman–Crippen MR) is 90.9 cm³/mol. The highest BCUT2D eigenvalue weighted by molar-refractivity contribution is 6.30. The van der Waals surface area contributed by atoms with Gasteiger partial charge in [0.2, 0.25) is 5.82 Å². The summed E-state index contributed by atoms with van der Waals surface area (Å²) in [7, 11) is 0. The van der Waals surface area contributed by atoms with Crippen LogP contribution >= 0.6 is 11.6 Å². The van der Waals surface area contributed by atoms with Gasteiger partial charge < -0.3 is 9.84 Å². The molecule has 1 atom stereocenters. The van der Waals surface area contributed by atoms with Crippen LogP contribution in [0.15, 0.2) is 48.5 Å². The lowest BCUT2D eigenvalue weighted by molar-refractivity contribution is 0.0850. The lowest BCUT2D eigenvalue weighted by Crippen LogP contribution is -2.24. The van der Waals surface area contributed by atoms with Gasteiger partial charge in [0.15, 0.2) is 0 Å². The third-order valence-electron chi connectivity index (χ3n) is 3.36. The number of aliphatic hydroxyl groups is 1. The van der Waals surface area contributed by atoms with Gasteiger partial charge in [-0.15, -0.1) is 10.2 Å². The van der Waals surface area contributed by atoms with Crippen molar-refractivity contribution in [1.82, 2.24) is 20.2 Å². The fraction of sp³-hybridized carbons (Fsp3) is 0.176. The van der Waals surface area contributed by atoms with Crippen LogP contribution < -0.4 is 4.74 Å². The number of hydrogen-bond acceptors (Lipinski definition) is 6. The van der Waals surface area contributed by atoms with Gasteiger partial charge in [0.1, 0.15) is 18.5 Å². The summed E-state index contributed by atoms with van der Waals surface area (Å²) in [6, 6.07) is 15.8. The zero-order chi connectivity index (χ0) is 17.6. The van der Waals surface area contributed by atoms with Gasteiger partial charge in [-0.3, -0.25) is 0 Å². The highest BCUT2D eigenvalue weighted by atomic mass is 35.5. The molecule has 0 radical (unpaired) electrons. The number of halogens is 1. The molecule has 1 heterocycles. The standard InChI is InChI=1S/C17H14ClN5O2/c18-14-5-3-13(4-6-14)17-20-22-23(21-17)10-15(24)11-25-16-7-1-12(9-19)2-8-16/h1-8,15,24H,10-11H2/t15-/m0/s1. The van der Waals surface area contributed by atoms with Crippen LogP contribution in [-0.2, 0) is 6.54 Å². The van der Waals surface area contributed by atoms with Crippen LogP contribution in [0.5, 0.6) is 5.75 Å². The van der Waals surface area contributed by atoms with Gasteiger partial charge in [0, 0.05) is 10.6 Å². The monoisotopic (exact) mass is 355 g/mol. The predicted octanol–water partition coefficient (Wildman–Crippen LogP) is 2.31. The molecule has 0 spiro atoms. The normalized spacial score (nSPS) is 11.7. The summed E-state index contributed by atoms with van der Waals surface area (Å²) in [5, 5.41) is 31.6. The molecule has 1 N–H and O–H groups in total. The van der Waals surface area contributed by atoms with Crippen LogP contribution in [0.3, 0.4) is 0 Å². The summed E-state index contributed by atoms with van der Waals surface area (Å²) in [4.78, 5) is 1.32. The van der Waals surface area contributed by atoms with Gasteiger partial charge in [-0.2, -0.15) is 10.1 Å². The molecule has 0 saturated carbocycles. The van der Waals surface area contributed by atoms with E-state index in [0.29, 0.717) is 22.2 Å². The van der Waals surface area contributed by atoms with Crippen LogP contribution in [0.2, 0.25) is 5.02 Å². The number of rotatable bonds is 6. The van der Waals surface area contributed by atoms with Crippen LogP contribution in [0.1, 0.15) is 5.56 Å². The van der Waals surface area contributed by atoms with E-state index in [1.165, 1.54) is 4.80 Å². The summed E-state index contributed by atoms with van der Waals surface area (Å²) in [6.45, 7) is 0.223. The number of nitriles is 1. The van der Waals surface area contributed by atoms with Crippen molar-refractivity contribution < 1.29 is 9.84 Å². The lowest BCUT2D eigenvalue weighted by Gasteiger charge is -2.11. The van der Waals surface area contributed by atoms with E-state index in [-0.39, 0.29) is 13.2 Å². The number of ether oxygens (including phenoxy) is 1. The maximum absolute atomic E-state index is 10.1. The average molecular weight is 356 g/mol. The van der Waals surface area contributed by atoms with Crippen LogP contribution in [0.4, 0.5) is 0 Å². The summed E-state index contributed by atoms with van der Waals surface area (Å²) in [5.74, 6) is 1.03. The van der Waals surface area contributed by atoms with Crippen molar-refractivity contribution in [2.75, 3.05) is 6.61 Å². The van der Waals surface area contributed by atoms with Gasteiger partial charge >= 0.3 is 0 Å². The summed E-state index contributed by atoms with van der Waals surface area (Å²) in [6.07, 6.45) is -0.803. The minimum Gasteiger partial charge on any atom is -0.491 e. The number of nitrogens with zero attached hydrogens (tertiary/aromatic N) is 5. The zero-order valence-electron chi connectivity index (χ0n) is 13.1. The van der Waals surface area contributed by atoms with E-state index in [0.717, 1.165) is 5.56 Å². The number of hydrogen-bond donors (Lipinski definition) is 1. The van der Waals surface area contributed by atoms with Crippen molar-refractivity contribution in [2.45, 2.75) is 12.6 Å². The van der Waals surface area contributed by atoms with E-state index in [1.54, 1.807) is 48.5 Å². The molecule has 0 aliphatic rings. The van der Waals surface area contributed by atoms with E-state index in [1.807, 2.05) is 6.07 Å². The number of tetrazole rings is 1. The maximum atomic E-state index is 10.1. The first-order valence-electron chi connectivity index (χ1n) is 7.49. The molecule has 2 aromatic carbocycles. The fourth-order valence-corrected chi connectivity index (χ4v) is 2.22. The highest BCUT2D eigenvalue weighted by Gasteiger charge is 2.11.